The van der Waals surface area contributed by atoms with E-state index in [0.717, 1.165) is 6.42 Å². The Labute approximate surface area is 112 Å². The van der Waals surface area contributed by atoms with E-state index in [1.807, 2.05) is 0 Å². The number of carbonyl (C=O) groups is 2. The molecule has 80 valence electrons. The van der Waals surface area contributed by atoms with Crippen molar-refractivity contribution >= 4 is 11.9 Å². The fourth-order valence-electron chi connectivity index (χ4n) is 0.957. The third-order valence-electron chi connectivity index (χ3n) is 1.70. The van der Waals surface area contributed by atoms with Crippen molar-refractivity contribution < 1.29 is 48.6 Å². The molecule has 0 rings (SSSR count). The zero-order chi connectivity index (χ0) is 11.0. The number of hydrogen-bond acceptors (Lipinski definition) is 4. The van der Waals surface area contributed by atoms with Gasteiger partial charge in [0.1, 0.15) is 0 Å². The van der Waals surface area contributed by atoms with Gasteiger partial charge in [0.15, 0.2) is 11.9 Å². The Morgan fingerprint density at radius 3 is 2.07 bits per heavy atom. The number of unbranched alkanes of at least 4 members (excludes halogenated alkanes) is 1. The predicted molar refractivity (Wildman–Crippen MR) is 51.3 cm³/mol. The molecule has 0 aromatic carbocycles. The molecule has 0 aromatic heterocycles. The van der Waals surface area contributed by atoms with E-state index in [1.54, 1.807) is 6.08 Å². The number of hydrogen-bond donors (Lipinski definition) is 0. The summed E-state index contributed by atoms with van der Waals surface area (Å²) in [5.74, 6) is -1.20. The summed E-state index contributed by atoms with van der Waals surface area (Å²) in [4.78, 5) is 22.2. The van der Waals surface area contributed by atoms with Crippen LogP contribution >= 0.6 is 0 Å². The quantitative estimate of drug-likeness (QED) is 0.134. The molecule has 0 atom stereocenters. The topological polar surface area (TPSA) is 52.6 Å². The van der Waals surface area contributed by atoms with Gasteiger partial charge in [0.2, 0.25) is 0 Å². The Morgan fingerprint density at radius 2 is 1.73 bits per heavy atom. The first kappa shape index (κ1) is 17.0. The molecule has 15 heavy (non-hydrogen) atoms. The summed E-state index contributed by atoms with van der Waals surface area (Å²) in [5.41, 5.74) is 0. The summed E-state index contributed by atoms with van der Waals surface area (Å²) in [6.07, 6.45) is 3.51. The van der Waals surface area contributed by atoms with E-state index in [-0.39, 0.29) is 35.5 Å². The molecule has 0 spiro atoms. The maximum Gasteiger partial charge on any atom is 1.00 e. The average Bonchev–Trinajstić information content (AvgIpc) is 2.22. The van der Waals surface area contributed by atoms with Crippen molar-refractivity contribution in [2.24, 2.45) is 0 Å². The van der Waals surface area contributed by atoms with Crippen LogP contribution in [0.15, 0.2) is 12.7 Å². The molecule has 5 heteroatoms. The van der Waals surface area contributed by atoms with Crippen LogP contribution < -0.4 is 29.6 Å². The van der Waals surface area contributed by atoms with Crippen LogP contribution in [0.5, 0.6) is 0 Å². The van der Waals surface area contributed by atoms with Gasteiger partial charge in [0, 0.05) is 0 Å². The van der Waals surface area contributed by atoms with Crippen molar-refractivity contribution in [3.05, 3.63) is 18.6 Å². The van der Waals surface area contributed by atoms with Gasteiger partial charge in [-0.25, -0.2) is 0 Å². The van der Waals surface area contributed by atoms with Crippen LogP contribution in [0.25, 0.3) is 0 Å². The van der Waals surface area contributed by atoms with Gasteiger partial charge in [-0.3, -0.25) is 9.59 Å². The molecule has 0 unspecified atom stereocenters. The molecule has 0 heterocycles. The van der Waals surface area contributed by atoms with E-state index < -0.39 is 11.9 Å². The van der Waals surface area contributed by atoms with E-state index in [1.165, 1.54) is 14.2 Å². The second-order valence-electron chi connectivity index (χ2n) is 2.64. The van der Waals surface area contributed by atoms with Crippen LogP contribution in [0.2, 0.25) is 0 Å². The summed E-state index contributed by atoms with van der Waals surface area (Å²) in [6, 6.07) is 0. The molecule has 0 aliphatic carbocycles. The van der Waals surface area contributed by atoms with Gasteiger partial charge in [0.25, 0.3) is 0 Å². The monoisotopic (exact) mass is 222 g/mol. The number of carbonyl (C=O) groups excluding carboxylic acids is 2. The van der Waals surface area contributed by atoms with Gasteiger partial charge in [-0.1, -0.05) is 12.5 Å². The average molecular weight is 222 g/mol. The molecular formula is C10H15NaO4. The predicted octanol–water partition coefficient (Wildman–Crippen LogP) is -1.73. The van der Waals surface area contributed by atoms with Crippen LogP contribution in [-0.2, 0) is 19.1 Å². The first-order chi connectivity index (χ1) is 6.67. The minimum Gasteiger partial charge on any atom is -0.491 e. The maximum absolute atomic E-state index is 11.1. The molecule has 0 aliphatic rings. The second-order valence-corrected chi connectivity index (χ2v) is 2.64. The Hall–Kier alpha value is -0.450. The van der Waals surface area contributed by atoms with E-state index >= 15 is 0 Å². The Kier molecular flexibility index (Phi) is 11.4. The standard InChI is InChI=1S/C10H15O4.Na/c1-4-5-6-7-8(9(11)13-2)10(12)14-3;/h4H,1,5-7H2,2-3H3;/q-1;+1. The van der Waals surface area contributed by atoms with Gasteiger partial charge in [-0.05, 0) is 6.42 Å². The number of esters is 2. The van der Waals surface area contributed by atoms with Crippen molar-refractivity contribution in [3.8, 4) is 0 Å². The molecule has 0 aromatic rings. The number of ether oxygens (including phenoxy) is 2. The summed E-state index contributed by atoms with van der Waals surface area (Å²) in [5, 5.41) is 0. The van der Waals surface area contributed by atoms with Crippen LogP contribution in [0.4, 0.5) is 0 Å². The molecule has 0 aliphatic heterocycles. The first-order valence-corrected chi connectivity index (χ1v) is 4.30. The zero-order valence-corrected chi connectivity index (χ0v) is 11.5. The van der Waals surface area contributed by atoms with Gasteiger partial charge in [0.05, 0.1) is 14.2 Å². The summed E-state index contributed by atoms with van der Waals surface area (Å²) < 4.78 is 8.93. The number of allylic oxidation sites excluding steroid dienone is 1. The molecular weight excluding hydrogens is 207 g/mol. The van der Waals surface area contributed by atoms with E-state index in [9.17, 15) is 9.59 Å². The Morgan fingerprint density at radius 1 is 1.27 bits per heavy atom. The SMILES string of the molecule is C=CCCC[C-](C(=O)OC)C(=O)OC.[Na+]. The fourth-order valence-corrected chi connectivity index (χ4v) is 0.957. The van der Waals surface area contributed by atoms with Gasteiger partial charge < -0.3 is 9.47 Å². The summed E-state index contributed by atoms with van der Waals surface area (Å²) in [6.45, 7) is 3.55. The van der Waals surface area contributed by atoms with E-state index in [0.29, 0.717) is 12.8 Å². The normalized spacial score (nSPS) is 8.40. The molecule has 0 saturated heterocycles. The van der Waals surface area contributed by atoms with Crippen LogP contribution in [0.1, 0.15) is 19.3 Å². The Bertz CT molecular complexity index is 199. The van der Waals surface area contributed by atoms with Crippen molar-refractivity contribution in [1.29, 1.82) is 0 Å². The van der Waals surface area contributed by atoms with Crippen molar-refractivity contribution in [2.45, 2.75) is 19.3 Å². The van der Waals surface area contributed by atoms with Crippen molar-refractivity contribution in [3.63, 3.8) is 0 Å². The third kappa shape index (κ3) is 6.60. The first-order valence-electron chi connectivity index (χ1n) is 4.30. The van der Waals surface area contributed by atoms with Crippen molar-refractivity contribution in [2.75, 3.05) is 14.2 Å². The van der Waals surface area contributed by atoms with E-state index in [4.69, 9.17) is 0 Å². The minimum absolute atomic E-state index is 0. The molecule has 0 radical (unpaired) electrons. The minimum atomic E-state index is -0.624. The summed E-state index contributed by atoms with van der Waals surface area (Å²) in [7, 11) is 2.47. The molecule has 0 bridgehead atoms. The smallest absolute Gasteiger partial charge is 0.491 e. The largest absolute Gasteiger partial charge is 1.00 e. The fraction of sp³-hybridized carbons (Fsp3) is 0.500. The Balaban J connectivity index is 0. The maximum atomic E-state index is 11.1. The van der Waals surface area contributed by atoms with Crippen LogP contribution in [-0.4, -0.2) is 26.2 Å². The van der Waals surface area contributed by atoms with E-state index in [2.05, 4.69) is 16.1 Å². The van der Waals surface area contributed by atoms with Crippen LogP contribution in [0.3, 0.4) is 0 Å². The molecule has 0 amide bonds. The van der Waals surface area contributed by atoms with Gasteiger partial charge in [-0.2, -0.15) is 5.92 Å². The number of methoxy groups -OCH3 is 2. The zero-order valence-electron chi connectivity index (χ0n) is 9.54. The second kappa shape index (κ2) is 10.1. The van der Waals surface area contributed by atoms with Gasteiger partial charge >= 0.3 is 29.6 Å². The molecule has 0 N–H and O–H groups in total. The molecule has 4 nitrogen and oxygen atoms in total. The van der Waals surface area contributed by atoms with Crippen molar-refractivity contribution in [1.82, 2.24) is 0 Å². The molecule has 0 fully saturated rings. The third-order valence-corrected chi connectivity index (χ3v) is 1.70. The van der Waals surface area contributed by atoms with Crippen LogP contribution in [0, 0.1) is 5.92 Å². The molecule has 0 saturated carbocycles. The number of rotatable bonds is 6. The summed E-state index contributed by atoms with van der Waals surface area (Å²) >= 11 is 0. The van der Waals surface area contributed by atoms with Gasteiger partial charge in [-0.15, -0.1) is 13.0 Å².